The van der Waals surface area contributed by atoms with Crippen LogP contribution in [0.1, 0.15) is 74.8 Å². The lowest BCUT2D eigenvalue weighted by Gasteiger charge is -2.10. The molecule has 9 aromatic rings. The Hall–Kier alpha value is -6.22. The second kappa shape index (κ2) is 29.9. The van der Waals surface area contributed by atoms with Crippen LogP contribution in [0.15, 0.2) is 146 Å². The summed E-state index contributed by atoms with van der Waals surface area (Å²) in [5.74, 6) is 0. The normalized spacial score (nSPS) is 10.1. The van der Waals surface area contributed by atoms with E-state index >= 15 is 0 Å². The molecule has 0 bridgehead atoms. The van der Waals surface area contributed by atoms with E-state index < -0.39 is 0 Å². The number of imidazole rings is 1. The van der Waals surface area contributed by atoms with Crippen molar-refractivity contribution in [2.45, 2.75) is 75.7 Å². The van der Waals surface area contributed by atoms with E-state index in [4.69, 9.17) is 0 Å². The third-order valence-corrected chi connectivity index (χ3v) is 8.72. The minimum atomic E-state index is 0.949. The first-order chi connectivity index (χ1) is 29.4. The molecule has 0 amide bonds. The van der Waals surface area contributed by atoms with Gasteiger partial charge in [0.15, 0.2) is 0 Å². The van der Waals surface area contributed by atoms with Crippen molar-refractivity contribution >= 4 is 49.6 Å². The first-order valence-electron chi connectivity index (χ1n) is 21.7. The van der Waals surface area contributed by atoms with Gasteiger partial charge in [0.1, 0.15) is 5.52 Å². The molecule has 1 aliphatic heterocycles. The van der Waals surface area contributed by atoms with E-state index in [9.17, 15) is 0 Å². The lowest BCUT2D eigenvalue weighted by Crippen LogP contribution is -2.12. The van der Waals surface area contributed by atoms with Crippen molar-refractivity contribution < 1.29 is 0 Å². The van der Waals surface area contributed by atoms with E-state index in [0.717, 1.165) is 16.6 Å². The topological polar surface area (TPSA) is 74.5 Å². The average molecular weight is 812 g/mol. The summed E-state index contributed by atoms with van der Waals surface area (Å²) in [5.41, 5.74) is 9.64. The summed E-state index contributed by atoms with van der Waals surface area (Å²) in [6.45, 7) is 21.2. The molecule has 0 aliphatic carbocycles. The average Bonchev–Trinajstić information content (AvgIpc) is 4.18. The highest BCUT2D eigenvalue weighted by molar-refractivity contribution is 5.80. The Labute approximate surface area is 361 Å². The maximum Gasteiger partial charge on any atom is 0.113 e. The summed E-state index contributed by atoms with van der Waals surface area (Å²) in [6.07, 6.45) is 6.98. The Kier molecular flexibility index (Phi) is 25.8. The molecular weight excluding hydrogens is 739 g/mol. The van der Waals surface area contributed by atoms with Gasteiger partial charge in [0.2, 0.25) is 0 Å². The number of para-hydroxylation sites is 6. The molecule has 60 heavy (non-hydrogen) atoms. The number of aryl methyl sites for hydroxylation is 4. The van der Waals surface area contributed by atoms with Gasteiger partial charge in [-0.15, -0.1) is 5.10 Å². The van der Waals surface area contributed by atoms with Gasteiger partial charge in [0, 0.05) is 64.6 Å². The molecule has 0 atom stereocenters. The number of anilines is 1. The monoisotopic (exact) mass is 812 g/mol. The van der Waals surface area contributed by atoms with E-state index in [1.807, 2.05) is 167 Å². The summed E-state index contributed by atoms with van der Waals surface area (Å²) in [6, 6.07) is 43.2. The van der Waals surface area contributed by atoms with Crippen LogP contribution in [0.4, 0.5) is 5.69 Å². The Bertz CT molecular complexity index is 2140. The number of hydrogen-bond acceptors (Lipinski definition) is 5. The molecule has 0 saturated heterocycles. The highest BCUT2D eigenvalue weighted by Crippen LogP contribution is 2.25. The molecule has 10 rings (SSSR count). The van der Waals surface area contributed by atoms with E-state index in [1.165, 1.54) is 51.5 Å². The molecule has 0 fully saturated rings. The van der Waals surface area contributed by atoms with Gasteiger partial charge in [0.05, 0.1) is 34.6 Å². The minimum Gasteiger partial charge on any atom is -0.374 e. The van der Waals surface area contributed by atoms with Crippen molar-refractivity contribution in [1.29, 1.82) is 0 Å². The van der Waals surface area contributed by atoms with Crippen molar-refractivity contribution in [3.63, 3.8) is 0 Å². The fourth-order valence-electron chi connectivity index (χ4n) is 5.90. The van der Waals surface area contributed by atoms with Gasteiger partial charge >= 0.3 is 0 Å². The molecule has 1 aliphatic rings. The standard InChI is InChI=1S/C9H11N.C9H9N.2C8H8N2.C7H7N3.5C2H6/c2*1-10-7-6-8-4-2-3-5-9(8)10;1-10-6-9-7-4-2-3-5-8(7)10;1-10-8-5-3-2-4-7(8)6-9-10;1-10-7-5-3-2-4-6(7)8-9-10;5*1-2/h2-5H,6-7H2,1H3;2-7H,1H3;2*2-6H,1H3;2-5H,1H3;5*1-2H3. The number of hydrogen-bond donors (Lipinski definition) is 0. The summed E-state index contributed by atoms with van der Waals surface area (Å²) in [4.78, 5) is 6.48. The summed E-state index contributed by atoms with van der Waals surface area (Å²) in [7, 11) is 10.0. The van der Waals surface area contributed by atoms with Crippen molar-refractivity contribution in [1.82, 2.24) is 38.9 Å². The zero-order valence-electron chi connectivity index (χ0n) is 39.3. The Morgan fingerprint density at radius 3 is 1.55 bits per heavy atom. The lowest BCUT2D eigenvalue weighted by molar-refractivity contribution is 0.736. The van der Waals surface area contributed by atoms with Crippen LogP contribution in [0.25, 0.3) is 43.9 Å². The van der Waals surface area contributed by atoms with Crippen LogP contribution >= 0.6 is 0 Å². The van der Waals surface area contributed by atoms with Gasteiger partial charge in [-0.3, -0.25) is 4.68 Å². The van der Waals surface area contributed by atoms with Crippen molar-refractivity contribution in [3.8, 4) is 0 Å². The van der Waals surface area contributed by atoms with E-state index in [0.29, 0.717) is 0 Å². The SMILES string of the molecule is CC.CC.CC.CC.CC.CN1CCc2ccccc21.Cn1ccc2ccccc21.Cn1cnc2ccccc21.Cn1ncc2ccccc21.Cn1nnc2ccccc21. The zero-order chi connectivity index (χ0) is 44.9. The van der Waals surface area contributed by atoms with Crippen LogP contribution in [0.2, 0.25) is 0 Å². The van der Waals surface area contributed by atoms with E-state index in [1.54, 1.807) is 4.68 Å². The van der Waals surface area contributed by atoms with Crippen molar-refractivity contribution in [3.05, 3.63) is 152 Å². The van der Waals surface area contributed by atoms with Gasteiger partial charge in [-0.2, -0.15) is 5.10 Å². The number of fused-ring (bicyclic) bond motifs is 5. The largest absolute Gasteiger partial charge is 0.374 e. The highest BCUT2D eigenvalue weighted by Gasteiger charge is 2.13. The minimum absolute atomic E-state index is 0.949. The first-order valence-corrected chi connectivity index (χ1v) is 21.7. The van der Waals surface area contributed by atoms with Gasteiger partial charge in [-0.1, -0.05) is 153 Å². The van der Waals surface area contributed by atoms with Gasteiger partial charge in [0.25, 0.3) is 0 Å². The number of likely N-dealkylation sites (N-methyl/N-ethyl adjacent to an activating group) is 1. The number of benzene rings is 5. The van der Waals surface area contributed by atoms with Crippen molar-refractivity contribution in [2.24, 2.45) is 28.2 Å². The summed E-state index contributed by atoms with van der Waals surface area (Å²) < 4.78 is 7.76. The predicted octanol–water partition coefficient (Wildman–Crippen LogP) is 13.1. The second-order valence-corrected chi connectivity index (χ2v) is 12.2. The molecule has 0 N–H and O–H groups in total. The fraction of sp³-hybridized carbons (Fsp3) is 0.333. The Morgan fingerprint density at radius 2 is 0.967 bits per heavy atom. The van der Waals surface area contributed by atoms with Crippen LogP contribution in [0.3, 0.4) is 0 Å². The number of rotatable bonds is 0. The van der Waals surface area contributed by atoms with Crippen LogP contribution in [-0.2, 0) is 34.6 Å². The van der Waals surface area contributed by atoms with Crippen LogP contribution in [-0.4, -0.2) is 52.5 Å². The maximum absolute atomic E-state index is 4.18. The smallest absolute Gasteiger partial charge is 0.113 e. The molecule has 0 unspecified atom stereocenters. The van der Waals surface area contributed by atoms with E-state index in [2.05, 4.69) is 123 Å². The molecule has 4 aromatic heterocycles. The van der Waals surface area contributed by atoms with Crippen LogP contribution in [0, 0.1) is 0 Å². The van der Waals surface area contributed by atoms with Crippen LogP contribution in [0.5, 0.6) is 0 Å². The molecule has 5 aromatic carbocycles. The molecule has 9 nitrogen and oxygen atoms in total. The molecule has 0 radical (unpaired) electrons. The molecule has 0 saturated carbocycles. The predicted molar refractivity (Wildman–Crippen MR) is 263 cm³/mol. The third kappa shape index (κ3) is 15.2. The third-order valence-electron chi connectivity index (χ3n) is 8.72. The molecule has 322 valence electrons. The second-order valence-electron chi connectivity index (χ2n) is 12.2. The number of aromatic nitrogens is 8. The summed E-state index contributed by atoms with van der Waals surface area (Å²) in [5, 5.41) is 14.4. The van der Waals surface area contributed by atoms with Gasteiger partial charge in [-0.05, 0) is 65.9 Å². The number of nitrogens with zero attached hydrogens (tertiary/aromatic N) is 9. The Morgan fingerprint density at radius 1 is 0.450 bits per heavy atom. The van der Waals surface area contributed by atoms with Crippen LogP contribution < -0.4 is 4.90 Å². The molecular formula is C51H73N9. The fourth-order valence-corrected chi connectivity index (χ4v) is 5.90. The zero-order valence-corrected chi connectivity index (χ0v) is 39.3. The Balaban J connectivity index is 0.000000356. The molecule has 5 heterocycles. The highest BCUT2D eigenvalue weighted by atomic mass is 15.4. The lowest BCUT2D eigenvalue weighted by atomic mass is 10.2. The summed E-state index contributed by atoms with van der Waals surface area (Å²) >= 11 is 0. The quantitative estimate of drug-likeness (QED) is 0.152. The molecule has 0 spiro atoms. The van der Waals surface area contributed by atoms with Crippen molar-refractivity contribution in [2.75, 3.05) is 18.5 Å². The van der Waals surface area contributed by atoms with Gasteiger partial charge in [-0.25, -0.2) is 9.67 Å². The van der Waals surface area contributed by atoms with Gasteiger partial charge < -0.3 is 14.0 Å². The van der Waals surface area contributed by atoms with E-state index in [-0.39, 0.29) is 0 Å². The first kappa shape index (κ1) is 51.8. The maximum atomic E-state index is 4.18. The molecule has 9 heteroatoms.